The van der Waals surface area contributed by atoms with Crippen LogP contribution < -0.4 is 0 Å². The highest BCUT2D eigenvalue weighted by molar-refractivity contribution is 5.92. The molecule has 0 bridgehead atoms. The molecule has 0 atom stereocenters. The quantitative estimate of drug-likeness (QED) is 0.841. The molecule has 0 saturated carbocycles. The molecule has 0 saturated heterocycles. The number of carboxylic acid groups (broad SMARTS) is 1. The SMILES string of the molecule is O=C(O)c1c(C(F)(F)CF)cccc1C(F)(F)CF. The van der Waals surface area contributed by atoms with Gasteiger partial charge in [-0.15, -0.1) is 0 Å². The maximum absolute atomic E-state index is 13.2. The summed E-state index contributed by atoms with van der Waals surface area (Å²) in [7, 11) is 0. The molecule has 0 radical (unpaired) electrons. The van der Waals surface area contributed by atoms with Crippen molar-refractivity contribution in [3.8, 4) is 0 Å². The number of halogens is 6. The van der Waals surface area contributed by atoms with Gasteiger partial charge < -0.3 is 5.11 Å². The summed E-state index contributed by atoms with van der Waals surface area (Å²) in [5.74, 6) is -10.6. The Morgan fingerprint density at radius 2 is 1.37 bits per heavy atom. The maximum atomic E-state index is 13.2. The summed E-state index contributed by atoms with van der Waals surface area (Å²) in [6.45, 7) is -4.50. The van der Waals surface area contributed by atoms with Crippen molar-refractivity contribution in [2.75, 3.05) is 13.3 Å². The molecule has 1 aromatic rings. The molecule has 106 valence electrons. The number of carboxylic acids is 1. The average Bonchev–Trinajstić information content (AvgIpc) is 2.37. The third kappa shape index (κ3) is 2.82. The monoisotopic (exact) mass is 286 g/mol. The van der Waals surface area contributed by atoms with E-state index in [0.29, 0.717) is 18.2 Å². The predicted molar refractivity (Wildman–Crippen MR) is 53.1 cm³/mol. The second-order valence-electron chi connectivity index (χ2n) is 3.71. The molecule has 0 aliphatic heterocycles. The first-order valence-corrected chi connectivity index (χ1v) is 4.92. The van der Waals surface area contributed by atoms with Gasteiger partial charge in [0.25, 0.3) is 0 Å². The van der Waals surface area contributed by atoms with Crippen LogP contribution in [0.2, 0.25) is 0 Å². The van der Waals surface area contributed by atoms with E-state index in [1.54, 1.807) is 0 Å². The van der Waals surface area contributed by atoms with Gasteiger partial charge in [-0.05, 0) is 0 Å². The molecule has 19 heavy (non-hydrogen) atoms. The van der Waals surface area contributed by atoms with Crippen LogP contribution in [0.25, 0.3) is 0 Å². The maximum Gasteiger partial charge on any atom is 0.336 e. The summed E-state index contributed by atoms with van der Waals surface area (Å²) in [6, 6.07) is 1.73. The number of carbonyl (C=O) groups is 1. The van der Waals surface area contributed by atoms with Crippen molar-refractivity contribution in [3.05, 3.63) is 34.9 Å². The van der Waals surface area contributed by atoms with E-state index < -0.39 is 47.9 Å². The van der Waals surface area contributed by atoms with Crippen molar-refractivity contribution in [1.29, 1.82) is 0 Å². The highest BCUT2D eigenvalue weighted by atomic mass is 19.3. The molecule has 0 amide bonds. The number of alkyl halides is 6. The number of hydrogen-bond acceptors (Lipinski definition) is 1. The van der Waals surface area contributed by atoms with Gasteiger partial charge in [-0.3, -0.25) is 0 Å². The van der Waals surface area contributed by atoms with Gasteiger partial charge in [0.05, 0.1) is 5.56 Å². The van der Waals surface area contributed by atoms with E-state index in [0.717, 1.165) is 0 Å². The lowest BCUT2D eigenvalue weighted by atomic mass is 9.94. The van der Waals surface area contributed by atoms with E-state index in [1.165, 1.54) is 0 Å². The van der Waals surface area contributed by atoms with Crippen LogP contribution in [-0.4, -0.2) is 24.4 Å². The molecule has 0 spiro atoms. The van der Waals surface area contributed by atoms with Crippen LogP contribution >= 0.6 is 0 Å². The molecule has 0 fully saturated rings. The molecular weight excluding hydrogens is 278 g/mol. The summed E-state index contributed by atoms with van der Waals surface area (Å²) >= 11 is 0. The van der Waals surface area contributed by atoms with E-state index in [9.17, 15) is 31.1 Å². The summed E-state index contributed by atoms with van der Waals surface area (Å²) in [4.78, 5) is 10.9. The van der Waals surface area contributed by atoms with Crippen molar-refractivity contribution >= 4 is 5.97 Å². The van der Waals surface area contributed by atoms with Crippen molar-refractivity contribution in [1.82, 2.24) is 0 Å². The Morgan fingerprint density at radius 3 is 1.63 bits per heavy atom. The lowest BCUT2D eigenvalue weighted by molar-refractivity contribution is -0.0364. The zero-order valence-electron chi connectivity index (χ0n) is 9.27. The number of benzene rings is 1. The van der Waals surface area contributed by atoms with Gasteiger partial charge in [0, 0.05) is 11.1 Å². The molecule has 2 nitrogen and oxygen atoms in total. The highest BCUT2D eigenvalue weighted by Crippen LogP contribution is 2.38. The van der Waals surface area contributed by atoms with Crippen LogP contribution in [0.5, 0.6) is 0 Å². The lowest BCUT2D eigenvalue weighted by Crippen LogP contribution is -2.26. The van der Waals surface area contributed by atoms with Gasteiger partial charge in [-0.25, -0.2) is 13.6 Å². The Labute approximate surface area is 103 Å². The van der Waals surface area contributed by atoms with Crippen molar-refractivity contribution < 1.29 is 36.2 Å². The van der Waals surface area contributed by atoms with Crippen LogP contribution in [0, 0.1) is 0 Å². The smallest absolute Gasteiger partial charge is 0.336 e. The second-order valence-corrected chi connectivity index (χ2v) is 3.71. The van der Waals surface area contributed by atoms with Gasteiger partial charge in [-0.1, -0.05) is 18.2 Å². The molecule has 0 aliphatic carbocycles. The van der Waals surface area contributed by atoms with Crippen LogP contribution in [0.15, 0.2) is 18.2 Å². The minimum atomic E-state index is -4.24. The van der Waals surface area contributed by atoms with E-state index in [-0.39, 0.29) is 0 Å². The van der Waals surface area contributed by atoms with Gasteiger partial charge >= 0.3 is 17.8 Å². The molecule has 0 aliphatic rings. The Hall–Kier alpha value is -1.73. The van der Waals surface area contributed by atoms with Gasteiger partial charge in [-0.2, -0.15) is 17.6 Å². The zero-order valence-corrected chi connectivity index (χ0v) is 9.27. The first-order valence-electron chi connectivity index (χ1n) is 4.92. The third-order valence-electron chi connectivity index (χ3n) is 2.40. The van der Waals surface area contributed by atoms with Crippen LogP contribution in [0.4, 0.5) is 26.3 Å². The number of aromatic carboxylic acids is 1. The summed E-state index contributed by atoms with van der Waals surface area (Å²) in [5.41, 5.74) is -4.30. The fourth-order valence-corrected chi connectivity index (χ4v) is 1.54. The van der Waals surface area contributed by atoms with Crippen molar-refractivity contribution in [3.63, 3.8) is 0 Å². The minimum absolute atomic E-state index is 0.515. The van der Waals surface area contributed by atoms with Crippen LogP contribution in [0.3, 0.4) is 0 Å². The van der Waals surface area contributed by atoms with Gasteiger partial charge in [0.1, 0.15) is 0 Å². The Bertz CT molecular complexity index is 452. The summed E-state index contributed by atoms with van der Waals surface area (Å²) < 4.78 is 77.2. The predicted octanol–water partition coefficient (Wildman–Crippen LogP) is 3.51. The second kappa shape index (κ2) is 5.10. The van der Waals surface area contributed by atoms with Crippen molar-refractivity contribution in [2.24, 2.45) is 0 Å². The Morgan fingerprint density at radius 1 is 1.00 bits per heavy atom. The van der Waals surface area contributed by atoms with Gasteiger partial charge in [0.2, 0.25) is 0 Å². The van der Waals surface area contributed by atoms with E-state index in [1.807, 2.05) is 0 Å². The van der Waals surface area contributed by atoms with E-state index in [2.05, 4.69) is 0 Å². The summed E-state index contributed by atoms with van der Waals surface area (Å²) in [5, 5.41) is 8.75. The minimum Gasteiger partial charge on any atom is -0.478 e. The largest absolute Gasteiger partial charge is 0.478 e. The Kier molecular flexibility index (Phi) is 4.12. The Balaban J connectivity index is 3.61. The molecule has 0 heterocycles. The number of rotatable bonds is 5. The first kappa shape index (κ1) is 15.3. The molecule has 1 rings (SSSR count). The fourth-order valence-electron chi connectivity index (χ4n) is 1.54. The molecular formula is C11H8F6O2. The average molecular weight is 286 g/mol. The highest BCUT2D eigenvalue weighted by Gasteiger charge is 2.42. The summed E-state index contributed by atoms with van der Waals surface area (Å²) in [6.07, 6.45) is 0. The molecule has 0 unspecified atom stereocenters. The molecule has 8 heteroatoms. The standard InChI is InChI=1S/C11H8F6O2/c12-4-10(14,15)6-2-1-3-7(8(6)9(18)19)11(16,17)5-13/h1-3H,4-5H2,(H,18,19). The molecule has 0 aromatic heterocycles. The van der Waals surface area contributed by atoms with E-state index >= 15 is 0 Å². The topological polar surface area (TPSA) is 37.3 Å². The molecule has 1 aromatic carbocycles. The van der Waals surface area contributed by atoms with Crippen LogP contribution in [0.1, 0.15) is 21.5 Å². The fraction of sp³-hybridized carbons (Fsp3) is 0.364. The zero-order chi connectivity index (χ0) is 14.8. The third-order valence-corrected chi connectivity index (χ3v) is 2.40. The first-order chi connectivity index (χ1) is 8.67. The lowest BCUT2D eigenvalue weighted by Gasteiger charge is -2.21. The van der Waals surface area contributed by atoms with Crippen LogP contribution in [-0.2, 0) is 11.8 Å². The molecule has 1 N–H and O–H groups in total. The van der Waals surface area contributed by atoms with Gasteiger partial charge in [0.15, 0.2) is 13.3 Å². The van der Waals surface area contributed by atoms with E-state index in [4.69, 9.17) is 5.11 Å². The number of hydrogen-bond donors (Lipinski definition) is 1. The van der Waals surface area contributed by atoms with Crippen molar-refractivity contribution in [2.45, 2.75) is 11.8 Å². The normalized spacial score (nSPS) is 12.5.